The van der Waals surface area contributed by atoms with Crippen molar-refractivity contribution >= 4 is 62.1 Å². The van der Waals surface area contributed by atoms with Crippen LogP contribution in [-0.4, -0.2) is 6.71 Å². The molecule has 0 bridgehead atoms. The van der Waals surface area contributed by atoms with Gasteiger partial charge in [0.25, 0.3) is 0 Å². The molecule has 9 rings (SSSR count). The summed E-state index contributed by atoms with van der Waals surface area (Å²) in [7, 11) is 0. The molecule has 6 aromatic carbocycles. The molecule has 0 unspecified atom stereocenters. The lowest BCUT2D eigenvalue weighted by Crippen LogP contribution is -2.54. The van der Waals surface area contributed by atoms with Crippen LogP contribution in [0.2, 0.25) is 0 Å². The Morgan fingerprint density at radius 1 is 0.524 bits per heavy atom. The second-order valence-corrected chi connectivity index (χ2v) is 12.0. The highest BCUT2D eigenvalue weighted by Crippen LogP contribution is 2.43. The Morgan fingerprint density at radius 2 is 1.26 bits per heavy atom. The fourth-order valence-electron chi connectivity index (χ4n) is 7.28. The summed E-state index contributed by atoms with van der Waals surface area (Å²) in [6.07, 6.45) is 0. The fraction of sp³-hybridized carbons (Fsp3) is 0.0769. The molecule has 0 N–H and O–H groups in total. The van der Waals surface area contributed by atoms with Crippen LogP contribution in [0.5, 0.6) is 0 Å². The number of aryl methyl sites for hydroxylation is 3. The summed E-state index contributed by atoms with van der Waals surface area (Å²) < 4.78 is 6.17. The Labute approximate surface area is 245 Å². The van der Waals surface area contributed by atoms with Crippen LogP contribution in [-0.2, 0) is 0 Å². The second kappa shape index (κ2) is 8.50. The van der Waals surface area contributed by atoms with Crippen molar-refractivity contribution in [1.29, 1.82) is 0 Å². The summed E-state index contributed by atoms with van der Waals surface area (Å²) in [6.45, 7) is 6.78. The molecule has 1 aromatic heterocycles. The number of benzene rings is 6. The summed E-state index contributed by atoms with van der Waals surface area (Å²) in [6, 6.07) is 42.7. The number of anilines is 3. The first-order chi connectivity index (χ1) is 20.5. The number of rotatable bonds is 2. The standard InChI is InChI=1S/C39H28BNO/c1-23-8-13-28(14-9-23)41-35-16-11-25(3)19-34(35)40-33-18-24(2)10-15-29(33)32-21-27(22-36(41)39(32)40)26-12-17-38-31(20-26)30-6-4-5-7-37(30)42-38/h4-22H,1-3H3. The zero-order valence-electron chi connectivity index (χ0n) is 23.9. The third-order valence-electron chi connectivity index (χ3n) is 9.23. The van der Waals surface area contributed by atoms with E-state index in [4.69, 9.17) is 4.42 Å². The minimum atomic E-state index is 0.218. The number of furan rings is 1. The highest BCUT2D eigenvalue weighted by molar-refractivity contribution is 7.01. The van der Waals surface area contributed by atoms with Crippen LogP contribution in [0.3, 0.4) is 0 Å². The van der Waals surface area contributed by atoms with Crippen molar-refractivity contribution in [2.45, 2.75) is 20.8 Å². The second-order valence-electron chi connectivity index (χ2n) is 12.0. The van der Waals surface area contributed by atoms with Gasteiger partial charge in [0.1, 0.15) is 11.2 Å². The predicted molar refractivity (Wildman–Crippen MR) is 178 cm³/mol. The van der Waals surface area contributed by atoms with Gasteiger partial charge in [-0.05, 0) is 102 Å². The van der Waals surface area contributed by atoms with E-state index in [1.807, 2.05) is 12.1 Å². The average Bonchev–Trinajstić information content (AvgIpc) is 3.54. The van der Waals surface area contributed by atoms with Crippen LogP contribution < -0.4 is 21.3 Å². The molecule has 0 saturated heterocycles. The monoisotopic (exact) mass is 537 g/mol. The van der Waals surface area contributed by atoms with E-state index in [0.29, 0.717) is 0 Å². The third-order valence-corrected chi connectivity index (χ3v) is 9.23. The molecule has 3 heterocycles. The van der Waals surface area contributed by atoms with Crippen LogP contribution in [0.15, 0.2) is 120 Å². The Bertz CT molecular complexity index is 2240. The van der Waals surface area contributed by atoms with Crippen LogP contribution >= 0.6 is 0 Å². The maximum atomic E-state index is 6.17. The summed E-state index contributed by atoms with van der Waals surface area (Å²) in [5, 5.41) is 2.31. The van der Waals surface area contributed by atoms with E-state index in [-0.39, 0.29) is 6.71 Å². The molecule has 3 heteroatoms. The lowest BCUT2D eigenvalue weighted by molar-refractivity contribution is 0.669. The molecular formula is C39H28BNO. The molecule has 0 amide bonds. The third kappa shape index (κ3) is 3.28. The summed E-state index contributed by atoms with van der Waals surface area (Å²) in [5.41, 5.74) is 18.7. The maximum Gasteiger partial charge on any atom is 0.248 e. The van der Waals surface area contributed by atoms with Gasteiger partial charge in [-0.15, -0.1) is 0 Å². The topological polar surface area (TPSA) is 16.4 Å². The Kier molecular flexibility index (Phi) is 4.79. The van der Waals surface area contributed by atoms with E-state index in [1.165, 1.54) is 72.4 Å². The summed E-state index contributed by atoms with van der Waals surface area (Å²) in [5.74, 6) is 0. The molecule has 0 spiro atoms. The van der Waals surface area contributed by atoms with Crippen molar-refractivity contribution in [2.75, 3.05) is 4.90 Å². The SMILES string of the molecule is Cc1ccc(N2c3ccc(C)cc3B3c4cc(C)ccc4-c4cc(-c5ccc6oc7ccccc7c6c5)cc2c43)cc1. The van der Waals surface area contributed by atoms with Gasteiger partial charge in [-0.25, -0.2) is 0 Å². The smallest absolute Gasteiger partial charge is 0.248 e. The summed E-state index contributed by atoms with van der Waals surface area (Å²) >= 11 is 0. The molecule has 2 nitrogen and oxygen atoms in total. The lowest BCUT2D eigenvalue weighted by atomic mass is 9.37. The minimum absolute atomic E-state index is 0.218. The maximum absolute atomic E-state index is 6.17. The van der Waals surface area contributed by atoms with E-state index in [2.05, 4.69) is 129 Å². The van der Waals surface area contributed by atoms with Crippen molar-refractivity contribution in [3.63, 3.8) is 0 Å². The van der Waals surface area contributed by atoms with Crippen LogP contribution in [0, 0.1) is 20.8 Å². The van der Waals surface area contributed by atoms with Gasteiger partial charge in [0.15, 0.2) is 0 Å². The minimum Gasteiger partial charge on any atom is -0.456 e. The fourth-order valence-corrected chi connectivity index (χ4v) is 7.28. The molecule has 0 fully saturated rings. The number of nitrogens with zero attached hydrogens (tertiary/aromatic N) is 1. The zero-order valence-corrected chi connectivity index (χ0v) is 23.9. The molecular weight excluding hydrogens is 509 g/mol. The van der Waals surface area contributed by atoms with Gasteiger partial charge in [-0.1, -0.05) is 88.9 Å². The average molecular weight is 537 g/mol. The van der Waals surface area contributed by atoms with Gasteiger partial charge in [0.05, 0.1) is 0 Å². The van der Waals surface area contributed by atoms with Crippen LogP contribution in [0.1, 0.15) is 16.7 Å². The summed E-state index contributed by atoms with van der Waals surface area (Å²) in [4.78, 5) is 2.48. The molecule has 42 heavy (non-hydrogen) atoms. The molecule has 0 aliphatic carbocycles. The van der Waals surface area contributed by atoms with Crippen molar-refractivity contribution in [1.82, 2.24) is 0 Å². The number of hydrogen-bond donors (Lipinski definition) is 0. The van der Waals surface area contributed by atoms with Gasteiger partial charge in [-0.2, -0.15) is 0 Å². The Hall–Kier alpha value is -5.02. The van der Waals surface area contributed by atoms with E-state index in [0.717, 1.165) is 21.9 Å². The molecule has 198 valence electrons. The van der Waals surface area contributed by atoms with Gasteiger partial charge in [0.2, 0.25) is 6.71 Å². The van der Waals surface area contributed by atoms with Gasteiger partial charge in [-0.3, -0.25) is 0 Å². The lowest BCUT2D eigenvalue weighted by Gasteiger charge is -2.36. The number of fused-ring (bicyclic) bond motifs is 8. The Morgan fingerprint density at radius 3 is 2.12 bits per heavy atom. The number of para-hydroxylation sites is 1. The van der Waals surface area contributed by atoms with E-state index in [1.54, 1.807) is 0 Å². The van der Waals surface area contributed by atoms with Gasteiger partial charge < -0.3 is 9.32 Å². The largest absolute Gasteiger partial charge is 0.456 e. The molecule has 7 aromatic rings. The van der Waals surface area contributed by atoms with E-state index in [9.17, 15) is 0 Å². The first kappa shape index (κ1) is 23.7. The normalized spacial score (nSPS) is 13.0. The van der Waals surface area contributed by atoms with Crippen molar-refractivity contribution < 1.29 is 4.42 Å². The van der Waals surface area contributed by atoms with Crippen molar-refractivity contribution in [3.05, 3.63) is 132 Å². The van der Waals surface area contributed by atoms with Crippen LogP contribution in [0.25, 0.3) is 44.2 Å². The Balaban J connectivity index is 1.36. The highest BCUT2D eigenvalue weighted by atomic mass is 16.3. The molecule has 2 aliphatic rings. The number of hydrogen-bond acceptors (Lipinski definition) is 2. The highest BCUT2D eigenvalue weighted by Gasteiger charge is 2.42. The first-order valence-corrected chi connectivity index (χ1v) is 14.7. The molecule has 0 radical (unpaired) electrons. The molecule has 2 aliphatic heterocycles. The predicted octanol–water partition coefficient (Wildman–Crippen LogP) is 8.46. The molecule has 0 saturated carbocycles. The quantitative estimate of drug-likeness (QED) is 0.206. The van der Waals surface area contributed by atoms with Crippen molar-refractivity contribution in [2.24, 2.45) is 0 Å². The first-order valence-electron chi connectivity index (χ1n) is 14.7. The van der Waals surface area contributed by atoms with Crippen LogP contribution in [0.4, 0.5) is 17.1 Å². The van der Waals surface area contributed by atoms with Gasteiger partial charge in [0, 0.05) is 27.8 Å². The van der Waals surface area contributed by atoms with E-state index < -0.39 is 0 Å². The van der Waals surface area contributed by atoms with Crippen molar-refractivity contribution in [3.8, 4) is 22.3 Å². The van der Waals surface area contributed by atoms with E-state index >= 15 is 0 Å². The van der Waals surface area contributed by atoms with Gasteiger partial charge >= 0.3 is 0 Å². The molecule has 0 atom stereocenters. The zero-order chi connectivity index (χ0) is 28.1.